The van der Waals surface area contributed by atoms with E-state index in [0.717, 1.165) is 19.4 Å². The molecule has 106 valence electrons. The lowest BCUT2D eigenvalue weighted by Crippen LogP contribution is -2.37. The standard InChI is InChI=1S/C14H27NO3/c1-5-12(14(16)17)8-9-15(10-11-18-4)13(6-2)7-3/h8,13H,5-7,9-11H2,1-4H3,(H,16,17). The van der Waals surface area contributed by atoms with Crippen LogP contribution >= 0.6 is 0 Å². The molecule has 4 nitrogen and oxygen atoms in total. The molecule has 0 spiro atoms. The number of nitrogens with zero attached hydrogens (tertiary/aromatic N) is 1. The summed E-state index contributed by atoms with van der Waals surface area (Å²) in [5, 5.41) is 9.00. The number of hydrogen-bond donors (Lipinski definition) is 1. The van der Waals surface area contributed by atoms with E-state index in [0.29, 0.717) is 31.2 Å². The highest BCUT2D eigenvalue weighted by molar-refractivity contribution is 5.86. The number of carboxylic acids is 1. The van der Waals surface area contributed by atoms with Crippen LogP contribution in [0.2, 0.25) is 0 Å². The number of aliphatic carboxylic acids is 1. The molecule has 0 rings (SSSR count). The SMILES string of the molecule is CCC(=CCN(CCOC)C(CC)CC)C(=O)O. The number of ether oxygens (including phenoxy) is 1. The van der Waals surface area contributed by atoms with E-state index >= 15 is 0 Å². The van der Waals surface area contributed by atoms with Crippen LogP contribution in [0.5, 0.6) is 0 Å². The van der Waals surface area contributed by atoms with Crippen LogP contribution in [0.15, 0.2) is 11.6 Å². The maximum Gasteiger partial charge on any atom is 0.331 e. The Morgan fingerprint density at radius 1 is 1.33 bits per heavy atom. The van der Waals surface area contributed by atoms with Gasteiger partial charge in [-0.25, -0.2) is 4.79 Å². The van der Waals surface area contributed by atoms with E-state index in [4.69, 9.17) is 9.84 Å². The Morgan fingerprint density at radius 2 is 1.94 bits per heavy atom. The van der Waals surface area contributed by atoms with E-state index in [1.54, 1.807) is 7.11 Å². The molecular formula is C14H27NO3. The minimum Gasteiger partial charge on any atom is -0.478 e. The van der Waals surface area contributed by atoms with E-state index in [1.807, 2.05) is 13.0 Å². The molecule has 0 bridgehead atoms. The van der Waals surface area contributed by atoms with Crippen molar-refractivity contribution in [2.24, 2.45) is 0 Å². The largest absolute Gasteiger partial charge is 0.478 e. The minimum absolute atomic E-state index is 0.489. The lowest BCUT2D eigenvalue weighted by atomic mass is 10.1. The van der Waals surface area contributed by atoms with Crippen molar-refractivity contribution in [2.45, 2.75) is 46.1 Å². The second-order valence-corrected chi connectivity index (χ2v) is 4.35. The van der Waals surface area contributed by atoms with Crippen LogP contribution < -0.4 is 0 Å². The summed E-state index contributed by atoms with van der Waals surface area (Å²) in [6.07, 6.45) is 4.54. The summed E-state index contributed by atoms with van der Waals surface area (Å²) in [4.78, 5) is 13.2. The maximum atomic E-state index is 11.0. The highest BCUT2D eigenvalue weighted by atomic mass is 16.5. The smallest absolute Gasteiger partial charge is 0.331 e. The molecule has 0 heterocycles. The minimum atomic E-state index is -0.811. The molecule has 0 aromatic rings. The second kappa shape index (κ2) is 10.1. The fourth-order valence-corrected chi connectivity index (χ4v) is 2.05. The van der Waals surface area contributed by atoms with Crippen molar-refractivity contribution in [3.05, 3.63) is 11.6 Å². The van der Waals surface area contributed by atoms with Crippen molar-refractivity contribution in [3.8, 4) is 0 Å². The van der Waals surface area contributed by atoms with Crippen molar-refractivity contribution in [2.75, 3.05) is 26.8 Å². The van der Waals surface area contributed by atoms with Gasteiger partial charge >= 0.3 is 5.97 Å². The molecule has 18 heavy (non-hydrogen) atoms. The molecule has 0 saturated heterocycles. The third kappa shape index (κ3) is 6.17. The Balaban J connectivity index is 4.61. The Hall–Kier alpha value is -0.870. The number of carboxylic acid groups (broad SMARTS) is 1. The van der Waals surface area contributed by atoms with Crippen molar-refractivity contribution in [1.82, 2.24) is 4.90 Å². The first-order chi connectivity index (χ1) is 8.60. The molecule has 0 fully saturated rings. The van der Waals surface area contributed by atoms with Gasteiger partial charge in [-0.3, -0.25) is 4.90 Å². The summed E-state index contributed by atoms with van der Waals surface area (Å²) in [5.41, 5.74) is 0.489. The zero-order valence-electron chi connectivity index (χ0n) is 12.1. The van der Waals surface area contributed by atoms with Gasteiger partial charge in [0.1, 0.15) is 0 Å². The molecule has 0 radical (unpaired) electrons. The Kier molecular flexibility index (Phi) is 9.60. The lowest BCUT2D eigenvalue weighted by molar-refractivity contribution is -0.132. The predicted octanol–water partition coefficient (Wildman–Crippen LogP) is 2.54. The first kappa shape index (κ1) is 17.1. The van der Waals surface area contributed by atoms with Crippen LogP contribution in [0.4, 0.5) is 0 Å². The number of rotatable bonds is 10. The van der Waals surface area contributed by atoms with Gasteiger partial charge in [0, 0.05) is 31.8 Å². The Morgan fingerprint density at radius 3 is 2.33 bits per heavy atom. The number of methoxy groups -OCH3 is 1. The molecule has 0 saturated carbocycles. The van der Waals surface area contributed by atoms with Crippen molar-refractivity contribution < 1.29 is 14.6 Å². The van der Waals surface area contributed by atoms with Crippen molar-refractivity contribution in [3.63, 3.8) is 0 Å². The molecule has 4 heteroatoms. The average molecular weight is 257 g/mol. The van der Waals surface area contributed by atoms with Crippen LogP contribution in [-0.2, 0) is 9.53 Å². The summed E-state index contributed by atoms with van der Waals surface area (Å²) in [7, 11) is 1.69. The van der Waals surface area contributed by atoms with Gasteiger partial charge in [0.05, 0.1) is 6.61 Å². The van der Waals surface area contributed by atoms with Gasteiger partial charge in [-0.2, -0.15) is 0 Å². The first-order valence-corrected chi connectivity index (χ1v) is 6.75. The predicted molar refractivity (Wildman–Crippen MR) is 73.8 cm³/mol. The monoisotopic (exact) mass is 257 g/mol. The third-order valence-electron chi connectivity index (χ3n) is 3.27. The van der Waals surface area contributed by atoms with Crippen LogP contribution in [-0.4, -0.2) is 48.8 Å². The fraction of sp³-hybridized carbons (Fsp3) is 0.786. The summed E-state index contributed by atoms with van der Waals surface area (Å²) in [6, 6.07) is 0.489. The Bertz CT molecular complexity index is 260. The average Bonchev–Trinajstić information content (AvgIpc) is 2.36. The highest BCUT2D eigenvalue weighted by Crippen LogP contribution is 2.10. The molecule has 0 aromatic heterocycles. The molecule has 0 atom stereocenters. The summed E-state index contributed by atoms with van der Waals surface area (Å²) < 4.78 is 5.11. The van der Waals surface area contributed by atoms with Crippen LogP contribution in [0.1, 0.15) is 40.0 Å². The molecule has 0 unspecified atom stereocenters. The van der Waals surface area contributed by atoms with E-state index in [2.05, 4.69) is 18.7 Å². The van der Waals surface area contributed by atoms with Crippen LogP contribution in [0.3, 0.4) is 0 Å². The first-order valence-electron chi connectivity index (χ1n) is 6.75. The Labute approximate surface area is 111 Å². The molecule has 1 N–H and O–H groups in total. The van der Waals surface area contributed by atoms with Crippen molar-refractivity contribution >= 4 is 5.97 Å². The van der Waals surface area contributed by atoms with Gasteiger partial charge in [-0.1, -0.05) is 26.8 Å². The summed E-state index contributed by atoms with van der Waals surface area (Å²) >= 11 is 0. The molecule has 0 amide bonds. The zero-order valence-corrected chi connectivity index (χ0v) is 12.1. The normalized spacial score (nSPS) is 12.4. The number of carbonyl (C=O) groups is 1. The summed E-state index contributed by atoms with van der Waals surface area (Å²) in [6.45, 7) is 8.40. The number of hydrogen-bond acceptors (Lipinski definition) is 3. The van der Waals surface area contributed by atoms with Gasteiger partial charge in [0.25, 0.3) is 0 Å². The topological polar surface area (TPSA) is 49.8 Å². The van der Waals surface area contributed by atoms with Crippen LogP contribution in [0, 0.1) is 0 Å². The van der Waals surface area contributed by atoms with Gasteiger partial charge in [0.2, 0.25) is 0 Å². The van der Waals surface area contributed by atoms with Crippen molar-refractivity contribution in [1.29, 1.82) is 0 Å². The van der Waals surface area contributed by atoms with E-state index < -0.39 is 5.97 Å². The second-order valence-electron chi connectivity index (χ2n) is 4.35. The van der Waals surface area contributed by atoms with Gasteiger partial charge < -0.3 is 9.84 Å². The lowest BCUT2D eigenvalue weighted by Gasteiger charge is -2.29. The maximum absolute atomic E-state index is 11.0. The third-order valence-corrected chi connectivity index (χ3v) is 3.27. The quantitative estimate of drug-likeness (QED) is 0.611. The zero-order chi connectivity index (χ0) is 14.0. The van der Waals surface area contributed by atoms with Gasteiger partial charge in [-0.05, 0) is 19.3 Å². The van der Waals surface area contributed by atoms with Gasteiger partial charge in [-0.15, -0.1) is 0 Å². The van der Waals surface area contributed by atoms with E-state index in [-0.39, 0.29) is 0 Å². The summed E-state index contributed by atoms with van der Waals surface area (Å²) in [5.74, 6) is -0.811. The highest BCUT2D eigenvalue weighted by Gasteiger charge is 2.14. The molecule has 0 aliphatic heterocycles. The van der Waals surface area contributed by atoms with E-state index in [1.165, 1.54) is 0 Å². The molecule has 0 aliphatic rings. The molecule has 0 aromatic carbocycles. The fourth-order valence-electron chi connectivity index (χ4n) is 2.05. The molecular weight excluding hydrogens is 230 g/mol. The van der Waals surface area contributed by atoms with E-state index in [9.17, 15) is 4.79 Å². The molecule has 0 aliphatic carbocycles. The van der Waals surface area contributed by atoms with Gasteiger partial charge in [0.15, 0.2) is 0 Å². The van der Waals surface area contributed by atoms with Crippen LogP contribution in [0.25, 0.3) is 0 Å².